The summed E-state index contributed by atoms with van der Waals surface area (Å²) in [4.78, 5) is 30.5. The normalized spacial score (nSPS) is 12.3. The van der Waals surface area contributed by atoms with Gasteiger partial charge in [0.05, 0.1) is 10.2 Å². The standard InChI is InChI=1S/C23H27N3O4S/c1-23(2,3)30-20(27)18(25-21-24-17-8-6-7-9-19(17)31-21)14-15-10-12-16(13-11-15)29-22(28)26(4)5/h6-13,18H,14H2,1-5H3,(H,24,25)/t18-/m0/s1. The molecule has 31 heavy (non-hydrogen) atoms. The van der Waals surface area contributed by atoms with Crippen LogP contribution in [-0.4, -0.2) is 47.7 Å². The van der Waals surface area contributed by atoms with Crippen molar-refractivity contribution in [3.63, 3.8) is 0 Å². The molecule has 1 amide bonds. The van der Waals surface area contributed by atoms with Crippen molar-refractivity contribution in [2.75, 3.05) is 19.4 Å². The second-order valence-electron chi connectivity index (χ2n) is 8.33. The molecule has 1 atom stereocenters. The van der Waals surface area contributed by atoms with Crippen molar-refractivity contribution >= 4 is 38.7 Å². The summed E-state index contributed by atoms with van der Waals surface area (Å²) in [7, 11) is 3.24. The molecule has 0 aliphatic carbocycles. The Morgan fingerprint density at radius 2 is 1.77 bits per heavy atom. The summed E-state index contributed by atoms with van der Waals surface area (Å²) in [6.45, 7) is 5.52. The number of nitrogens with zero attached hydrogens (tertiary/aromatic N) is 2. The Labute approximate surface area is 186 Å². The molecule has 0 spiro atoms. The molecular weight excluding hydrogens is 414 g/mol. The van der Waals surface area contributed by atoms with Crippen molar-refractivity contribution in [3.05, 3.63) is 54.1 Å². The molecule has 0 saturated heterocycles. The second-order valence-corrected chi connectivity index (χ2v) is 9.36. The number of thiazole rings is 1. The number of carbonyl (C=O) groups is 2. The zero-order chi connectivity index (χ0) is 22.6. The van der Waals surface area contributed by atoms with E-state index in [1.807, 2.05) is 57.2 Å². The fourth-order valence-corrected chi connectivity index (χ4v) is 3.69. The van der Waals surface area contributed by atoms with E-state index in [1.54, 1.807) is 26.2 Å². The predicted octanol–water partition coefficient (Wildman–Crippen LogP) is 4.72. The number of rotatable bonds is 6. The fraction of sp³-hybridized carbons (Fsp3) is 0.348. The summed E-state index contributed by atoms with van der Waals surface area (Å²) in [5.41, 5.74) is 1.17. The number of para-hydroxylation sites is 1. The molecule has 1 N–H and O–H groups in total. The van der Waals surface area contributed by atoms with Gasteiger partial charge < -0.3 is 19.7 Å². The van der Waals surface area contributed by atoms with Gasteiger partial charge in [0.2, 0.25) is 0 Å². The third kappa shape index (κ3) is 6.42. The lowest BCUT2D eigenvalue weighted by Gasteiger charge is -2.24. The van der Waals surface area contributed by atoms with E-state index in [1.165, 1.54) is 16.2 Å². The molecule has 3 rings (SSSR count). The number of anilines is 1. The van der Waals surface area contributed by atoms with E-state index < -0.39 is 17.7 Å². The van der Waals surface area contributed by atoms with Gasteiger partial charge in [-0.2, -0.15) is 0 Å². The first kappa shape index (κ1) is 22.6. The number of benzene rings is 2. The van der Waals surface area contributed by atoms with E-state index in [2.05, 4.69) is 10.3 Å². The van der Waals surface area contributed by atoms with E-state index in [0.29, 0.717) is 17.3 Å². The summed E-state index contributed by atoms with van der Waals surface area (Å²) in [5, 5.41) is 3.90. The van der Waals surface area contributed by atoms with Crippen LogP contribution in [0.15, 0.2) is 48.5 Å². The summed E-state index contributed by atoms with van der Waals surface area (Å²) < 4.78 is 11.9. The number of esters is 1. The number of ether oxygens (including phenoxy) is 2. The first-order chi connectivity index (χ1) is 14.6. The van der Waals surface area contributed by atoms with Gasteiger partial charge in [-0.3, -0.25) is 0 Å². The van der Waals surface area contributed by atoms with Gasteiger partial charge in [0.1, 0.15) is 17.4 Å². The maximum atomic E-state index is 12.9. The van der Waals surface area contributed by atoms with E-state index in [0.717, 1.165) is 15.8 Å². The molecule has 164 valence electrons. The van der Waals surface area contributed by atoms with Crippen molar-refractivity contribution in [1.29, 1.82) is 0 Å². The zero-order valence-electron chi connectivity index (χ0n) is 18.3. The average molecular weight is 442 g/mol. The number of nitrogens with one attached hydrogen (secondary N) is 1. The Balaban J connectivity index is 1.77. The fourth-order valence-electron chi connectivity index (χ4n) is 2.77. The Morgan fingerprint density at radius 3 is 2.39 bits per heavy atom. The number of hydrogen-bond acceptors (Lipinski definition) is 7. The molecule has 8 heteroatoms. The summed E-state index contributed by atoms with van der Waals surface area (Å²) in [6, 6.07) is 14.3. The number of aromatic nitrogens is 1. The van der Waals surface area contributed by atoms with Crippen molar-refractivity contribution in [2.24, 2.45) is 0 Å². The van der Waals surface area contributed by atoms with Crippen molar-refractivity contribution in [3.8, 4) is 5.75 Å². The minimum atomic E-state index is -0.616. The molecule has 3 aromatic rings. The van der Waals surface area contributed by atoms with Crippen LogP contribution in [0.1, 0.15) is 26.3 Å². The zero-order valence-corrected chi connectivity index (χ0v) is 19.2. The summed E-state index contributed by atoms with van der Waals surface area (Å²) in [6.07, 6.45) is -0.0517. The Kier molecular flexibility index (Phi) is 6.80. The lowest BCUT2D eigenvalue weighted by molar-refractivity contribution is -0.155. The first-order valence-electron chi connectivity index (χ1n) is 9.94. The average Bonchev–Trinajstić information content (AvgIpc) is 3.10. The highest BCUT2D eigenvalue weighted by atomic mass is 32.1. The van der Waals surface area contributed by atoms with Gasteiger partial charge in [0.15, 0.2) is 5.13 Å². The van der Waals surface area contributed by atoms with Crippen LogP contribution in [-0.2, 0) is 16.0 Å². The number of fused-ring (bicyclic) bond motifs is 1. The molecule has 1 heterocycles. The van der Waals surface area contributed by atoms with Gasteiger partial charge in [-0.05, 0) is 50.6 Å². The van der Waals surface area contributed by atoms with Gasteiger partial charge in [-0.25, -0.2) is 14.6 Å². The minimum Gasteiger partial charge on any atom is -0.458 e. The van der Waals surface area contributed by atoms with E-state index in [9.17, 15) is 9.59 Å². The van der Waals surface area contributed by atoms with Crippen LogP contribution < -0.4 is 10.1 Å². The van der Waals surface area contributed by atoms with Crippen LogP contribution in [0.25, 0.3) is 10.2 Å². The van der Waals surface area contributed by atoms with Crippen molar-refractivity contribution < 1.29 is 19.1 Å². The number of amides is 1. The lowest BCUT2D eigenvalue weighted by atomic mass is 10.1. The molecule has 0 aliphatic heterocycles. The van der Waals surface area contributed by atoms with Crippen LogP contribution in [0.2, 0.25) is 0 Å². The highest BCUT2D eigenvalue weighted by Gasteiger charge is 2.26. The molecule has 2 aromatic carbocycles. The third-order valence-corrected chi connectivity index (χ3v) is 5.18. The van der Waals surface area contributed by atoms with Crippen molar-refractivity contribution in [2.45, 2.75) is 38.8 Å². The van der Waals surface area contributed by atoms with Gasteiger partial charge in [0, 0.05) is 20.5 Å². The van der Waals surface area contributed by atoms with Crippen molar-refractivity contribution in [1.82, 2.24) is 9.88 Å². The largest absolute Gasteiger partial charge is 0.458 e. The first-order valence-corrected chi connectivity index (χ1v) is 10.8. The maximum absolute atomic E-state index is 12.9. The van der Waals surface area contributed by atoms with Crippen LogP contribution >= 0.6 is 11.3 Å². The second kappa shape index (κ2) is 9.34. The Hall–Kier alpha value is -3.13. The van der Waals surface area contributed by atoms with Gasteiger partial charge in [-0.15, -0.1) is 0 Å². The molecule has 7 nitrogen and oxygen atoms in total. The third-order valence-electron chi connectivity index (χ3n) is 4.22. The predicted molar refractivity (Wildman–Crippen MR) is 123 cm³/mol. The monoisotopic (exact) mass is 441 g/mol. The number of carbonyl (C=O) groups excluding carboxylic acids is 2. The molecule has 0 unspecified atom stereocenters. The Morgan fingerprint density at radius 1 is 1.10 bits per heavy atom. The maximum Gasteiger partial charge on any atom is 0.414 e. The topological polar surface area (TPSA) is 80.8 Å². The minimum absolute atomic E-state index is 0.352. The molecular formula is C23H27N3O4S. The highest BCUT2D eigenvalue weighted by Crippen LogP contribution is 2.27. The SMILES string of the molecule is CN(C)C(=O)Oc1ccc(C[C@H](Nc2nc3ccccc3s2)C(=O)OC(C)(C)C)cc1. The van der Waals surface area contributed by atoms with E-state index >= 15 is 0 Å². The van der Waals surface area contributed by atoms with Gasteiger partial charge >= 0.3 is 12.1 Å². The summed E-state index contributed by atoms with van der Waals surface area (Å²) >= 11 is 1.49. The van der Waals surface area contributed by atoms with E-state index in [-0.39, 0.29) is 5.97 Å². The van der Waals surface area contributed by atoms with Crippen LogP contribution in [0.3, 0.4) is 0 Å². The highest BCUT2D eigenvalue weighted by molar-refractivity contribution is 7.22. The van der Waals surface area contributed by atoms with Crippen LogP contribution in [0.4, 0.5) is 9.93 Å². The quantitative estimate of drug-likeness (QED) is 0.558. The van der Waals surface area contributed by atoms with Crippen LogP contribution in [0.5, 0.6) is 5.75 Å². The molecule has 0 fully saturated rings. The molecule has 0 aliphatic rings. The molecule has 0 saturated carbocycles. The lowest BCUT2D eigenvalue weighted by Crippen LogP contribution is -2.38. The van der Waals surface area contributed by atoms with Gasteiger partial charge in [0.25, 0.3) is 0 Å². The molecule has 1 aromatic heterocycles. The summed E-state index contributed by atoms with van der Waals surface area (Å²) in [5.74, 6) is 0.0882. The number of hydrogen-bond donors (Lipinski definition) is 1. The smallest absolute Gasteiger partial charge is 0.414 e. The van der Waals surface area contributed by atoms with E-state index in [4.69, 9.17) is 9.47 Å². The molecule has 0 radical (unpaired) electrons. The van der Waals surface area contributed by atoms with Gasteiger partial charge in [-0.1, -0.05) is 35.6 Å². The van der Waals surface area contributed by atoms with Crippen LogP contribution in [0, 0.1) is 0 Å². The molecule has 0 bridgehead atoms. The Bertz CT molecular complexity index is 1020.